The van der Waals surface area contributed by atoms with E-state index in [0.29, 0.717) is 5.92 Å². The Morgan fingerprint density at radius 2 is 2.07 bits per heavy atom. The van der Waals surface area contributed by atoms with Gasteiger partial charge in [-0.1, -0.05) is 36.9 Å². The number of hydrogen-bond acceptors (Lipinski definition) is 1. The summed E-state index contributed by atoms with van der Waals surface area (Å²) < 4.78 is 0. The van der Waals surface area contributed by atoms with E-state index in [1.807, 2.05) is 24.4 Å². The van der Waals surface area contributed by atoms with Crippen molar-refractivity contribution in [3.05, 3.63) is 66.4 Å². The first-order valence-electron chi connectivity index (χ1n) is 5.06. The molecule has 0 saturated heterocycles. The van der Waals surface area contributed by atoms with Gasteiger partial charge in [0.05, 0.1) is 5.52 Å². The molecule has 0 radical (unpaired) electrons. The second-order valence-electron chi connectivity index (χ2n) is 3.87. The summed E-state index contributed by atoms with van der Waals surface area (Å²) in [5, 5.41) is 1.20. The Labute approximate surface area is 88.8 Å². The largest absolute Gasteiger partial charge is 0.256 e. The van der Waals surface area contributed by atoms with Gasteiger partial charge in [0, 0.05) is 17.5 Å². The summed E-state index contributed by atoms with van der Waals surface area (Å²) in [6, 6.07) is 10.4. The molecule has 1 aromatic heterocycles. The zero-order valence-electron chi connectivity index (χ0n) is 8.35. The van der Waals surface area contributed by atoms with Gasteiger partial charge in [-0.25, -0.2) is 0 Å². The molecule has 0 amide bonds. The number of rotatable bonds is 1. The Morgan fingerprint density at radius 1 is 1.20 bits per heavy atom. The van der Waals surface area contributed by atoms with Crippen LogP contribution in [0.15, 0.2) is 60.8 Å². The predicted octanol–water partition coefficient (Wildman–Crippen LogP) is 3.44. The molecule has 0 bridgehead atoms. The Hall–Kier alpha value is -1.89. The van der Waals surface area contributed by atoms with E-state index >= 15 is 0 Å². The maximum absolute atomic E-state index is 4.44. The van der Waals surface area contributed by atoms with Gasteiger partial charge in [-0.15, -0.1) is 0 Å². The number of para-hydroxylation sites is 1. The molecule has 1 heteroatoms. The van der Waals surface area contributed by atoms with Crippen LogP contribution in [0.25, 0.3) is 10.9 Å². The van der Waals surface area contributed by atoms with Gasteiger partial charge in [-0.05, 0) is 23.3 Å². The van der Waals surface area contributed by atoms with Gasteiger partial charge in [0.15, 0.2) is 0 Å². The van der Waals surface area contributed by atoms with Crippen molar-refractivity contribution in [3.63, 3.8) is 0 Å². The zero-order chi connectivity index (χ0) is 10.3. The van der Waals surface area contributed by atoms with Crippen LogP contribution in [0.2, 0.25) is 0 Å². The standard InChI is InChI=1S/C14H11N/c1-10-6-7-13(10)12-8-11-4-2-3-5-14(11)15-9-12/h2-9,13H,1H2. The Kier molecular flexibility index (Phi) is 1.72. The van der Waals surface area contributed by atoms with Crippen LogP contribution in [0.3, 0.4) is 0 Å². The Balaban J connectivity index is 2.14. The monoisotopic (exact) mass is 193 g/mol. The topological polar surface area (TPSA) is 12.9 Å². The molecule has 1 aromatic carbocycles. The van der Waals surface area contributed by atoms with Crippen LogP contribution in [0.5, 0.6) is 0 Å². The number of hydrogen-bond donors (Lipinski definition) is 0. The van der Waals surface area contributed by atoms with E-state index in [1.54, 1.807) is 0 Å². The summed E-state index contributed by atoms with van der Waals surface area (Å²) in [5.74, 6) is 0.377. The SMILES string of the molecule is C=C1C=CC1c1cnc2ccccc2c1. The third kappa shape index (κ3) is 1.28. The van der Waals surface area contributed by atoms with Gasteiger partial charge in [0.2, 0.25) is 0 Å². The molecular formula is C14H11N. The lowest BCUT2D eigenvalue weighted by molar-refractivity contribution is 0.964. The number of fused-ring (bicyclic) bond motifs is 1. The van der Waals surface area contributed by atoms with Crippen LogP contribution in [0.1, 0.15) is 11.5 Å². The van der Waals surface area contributed by atoms with Crippen molar-refractivity contribution in [2.75, 3.05) is 0 Å². The second kappa shape index (κ2) is 3.06. The second-order valence-corrected chi connectivity index (χ2v) is 3.87. The molecule has 1 unspecified atom stereocenters. The highest BCUT2D eigenvalue weighted by Crippen LogP contribution is 2.33. The quantitative estimate of drug-likeness (QED) is 0.676. The third-order valence-electron chi connectivity index (χ3n) is 2.87. The molecule has 1 aliphatic rings. The first kappa shape index (κ1) is 8.42. The minimum absolute atomic E-state index is 0.377. The summed E-state index contributed by atoms with van der Waals surface area (Å²) in [6.45, 7) is 3.98. The number of nitrogens with zero attached hydrogens (tertiary/aromatic N) is 1. The van der Waals surface area contributed by atoms with E-state index in [9.17, 15) is 0 Å². The molecule has 15 heavy (non-hydrogen) atoms. The van der Waals surface area contributed by atoms with Crippen molar-refractivity contribution in [2.24, 2.45) is 0 Å². The molecule has 0 N–H and O–H groups in total. The van der Waals surface area contributed by atoms with Crippen molar-refractivity contribution in [1.29, 1.82) is 0 Å². The summed E-state index contributed by atoms with van der Waals surface area (Å²) in [6.07, 6.45) is 6.16. The molecule has 1 heterocycles. The molecule has 1 nitrogen and oxygen atoms in total. The zero-order valence-corrected chi connectivity index (χ0v) is 8.35. The van der Waals surface area contributed by atoms with Crippen molar-refractivity contribution in [3.8, 4) is 0 Å². The van der Waals surface area contributed by atoms with Crippen LogP contribution in [-0.4, -0.2) is 4.98 Å². The molecule has 1 aliphatic carbocycles. The molecule has 0 saturated carbocycles. The summed E-state index contributed by atoms with van der Waals surface area (Å²) in [5.41, 5.74) is 3.46. The molecule has 0 spiro atoms. The van der Waals surface area contributed by atoms with Gasteiger partial charge < -0.3 is 0 Å². The van der Waals surface area contributed by atoms with Crippen LogP contribution in [0, 0.1) is 0 Å². The highest BCUT2D eigenvalue weighted by molar-refractivity contribution is 5.79. The van der Waals surface area contributed by atoms with Crippen molar-refractivity contribution >= 4 is 10.9 Å². The Morgan fingerprint density at radius 3 is 2.80 bits per heavy atom. The highest BCUT2D eigenvalue weighted by atomic mass is 14.7. The van der Waals surface area contributed by atoms with Gasteiger partial charge in [-0.3, -0.25) is 4.98 Å². The summed E-state index contributed by atoms with van der Waals surface area (Å²) in [4.78, 5) is 4.44. The van der Waals surface area contributed by atoms with Gasteiger partial charge >= 0.3 is 0 Å². The van der Waals surface area contributed by atoms with E-state index in [1.165, 1.54) is 16.5 Å². The lowest BCUT2D eigenvalue weighted by atomic mass is 9.84. The average Bonchev–Trinajstić information content (AvgIpc) is 2.27. The number of aromatic nitrogens is 1. The molecule has 0 fully saturated rings. The smallest absolute Gasteiger partial charge is 0.0702 e. The fourth-order valence-corrected chi connectivity index (χ4v) is 1.91. The van der Waals surface area contributed by atoms with E-state index in [2.05, 4.69) is 35.8 Å². The minimum atomic E-state index is 0.377. The van der Waals surface area contributed by atoms with Crippen LogP contribution < -0.4 is 0 Å². The Bertz CT molecular complexity index is 566. The maximum Gasteiger partial charge on any atom is 0.0702 e. The van der Waals surface area contributed by atoms with Gasteiger partial charge in [-0.2, -0.15) is 0 Å². The van der Waals surface area contributed by atoms with Gasteiger partial charge in [0.1, 0.15) is 0 Å². The molecular weight excluding hydrogens is 182 g/mol. The molecule has 72 valence electrons. The number of pyridine rings is 1. The molecule has 1 atom stereocenters. The highest BCUT2D eigenvalue weighted by Gasteiger charge is 2.17. The van der Waals surface area contributed by atoms with Crippen molar-refractivity contribution in [2.45, 2.75) is 5.92 Å². The van der Waals surface area contributed by atoms with E-state index in [-0.39, 0.29) is 0 Å². The fraction of sp³-hybridized carbons (Fsp3) is 0.0714. The minimum Gasteiger partial charge on any atom is -0.256 e. The van der Waals surface area contributed by atoms with Crippen LogP contribution in [-0.2, 0) is 0 Å². The van der Waals surface area contributed by atoms with E-state index in [0.717, 1.165) is 5.52 Å². The van der Waals surface area contributed by atoms with E-state index < -0.39 is 0 Å². The first-order valence-corrected chi connectivity index (χ1v) is 5.06. The van der Waals surface area contributed by atoms with Crippen LogP contribution in [0.4, 0.5) is 0 Å². The first-order chi connectivity index (χ1) is 7.34. The summed E-state index contributed by atoms with van der Waals surface area (Å²) >= 11 is 0. The third-order valence-corrected chi connectivity index (χ3v) is 2.87. The number of allylic oxidation sites excluding steroid dienone is 3. The fourth-order valence-electron chi connectivity index (χ4n) is 1.91. The normalized spacial score (nSPS) is 19.2. The predicted molar refractivity (Wildman–Crippen MR) is 62.8 cm³/mol. The van der Waals surface area contributed by atoms with Crippen LogP contribution >= 0.6 is 0 Å². The molecule has 0 aliphatic heterocycles. The van der Waals surface area contributed by atoms with Crippen molar-refractivity contribution < 1.29 is 0 Å². The van der Waals surface area contributed by atoms with E-state index in [4.69, 9.17) is 0 Å². The van der Waals surface area contributed by atoms with Gasteiger partial charge in [0.25, 0.3) is 0 Å². The van der Waals surface area contributed by atoms with Crippen molar-refractivity contribution in [1.82, 2.24) is 4.98 Å². The maximum atomic E-state index is 4.44. The average molecular weight is 193 g/mol. The lowest BCUT2D eigenvalue weighted by Crippen LogP contribution is -2.04. The number of benzene rings is 1. The molecule has 3 rings (SSSR count). The summed E-state index contributed by atoms with van der Waals surface area (Å²) in [7, 11) is 0. The lowest BCUT2D eigenvalue weighted by Gasteiger charge is -2.21. The molecule has 2 aromatic rings.